The van der Waals surface area contributed by atoms with Gasteiger partial charge in [0.15, 0.2) is 11.5 Å². The third kappa shape index (κ3) is 6.58. The molecule has 1 aliphatic rings. The molecule has 0 aliphatic carbocycles. The summed E-state index contributed by atoms with van der Waals surface area (Å²) in [5.74, 6) is 1.64. The first kappa shape index (κ1) is 30.4. The lowest BCUT2D eigenvalue weighted by Crippen LogP contribution is -2.37. The number of fused-ring (bicyclic) bond motifs is 1. The summed E-state index contributed by atoms with van der Waals surface area (Å²) in [5, 5.41) is 9.10. The van der Waals surface area contributed by atoms with Crippen LogP contribution in [0.5, 0.6) is 5.88 Å². The molecule has 9 nitrogen and oxygen atoms in total. The maximum Gasteiger partial charge on any atom is 0.214 e. The average Bonchev–Trinajstić information content (AvgIpc) is 3.49. The van der Waals surface area contributed by atoms with Crippen molar-refractivity contribution in [3.63, 3.8) is 0 Å². The van der Waals surface area contributed by atoms with Gasteiger partial charge in [0.05, 0.1) is 5.56 Å². The van der Waals surface area contributed by atoms with E-state index in [0.29, 0.717) is 23.2 Å². The molecule has 0 atom stereocenters. The third-order valence-electron chi connectivity index (χ3n) is 7.94. The summed E-state index contributed by atoms with van der Waals surface area (Å²) in [7, 11) is 0. The Balaban J connectivity index is 0.00000182. The fraction of sp³-hybridized carbons (Fsp3) is 0.216. The molecule has 1 aliphatic heterocycles. The van der Waals surface area contributed by atoms with Gasteiger partial charge in [-0.05, 0) is 60.4 Å². The van der Waals surface area contributed by atoms with Gasteiger partial charge in [0.25, 0.3) is 0 Å². The third-order valence-corrected chi connectivity index (χ3v) is 7.94. The molecule has 2 aromatic carbocycles. The molecule has 0 unspecified atom stereocenters. The summed E-state index contributed by atoms with van der Waals surface area (Å²) in [4.78, 5) is 20.9. The maximum absolute atomic E-state index is 9.10. The van der Waals surface area contributed by atoms with Crippen LogP contribution in [0.25, 0.3) is 39.4 Å². The molecule has 0 bridgehead atoms. The van der Waals surface area contributed by atoms with Crippen molar-refractivity contribution >= 4 is 17.0 Å². The molecule has 0 amide bonds. The summed E-state index contributed by atoms with van der Waals surface area (Å²) < 4.78 is 8.12. The van der Waals surface area contributed by atoms with Gasteiger partial charge in [0.1, 0.15) is 29.2 Å². The predicted molar refractivity (Wildman–Crippen MR) is 181 cm³/mol. The molecular weight excluding hydrogens is 572 g/mol. The summed E-state index contributed by atoms with van der Waals surface area (Å²) in [5.41, 5.74) is 13.3. The van der Waals surface area contributed by atoms with Gasteiger partial charge < -0.3 is 10.5 Å². The number of hydrogen-bond donors (Lipinski definition) is 1. The van der Waals surface area contributed by atoms with Crippen LogP contribution in [0.15, 0.2) is 103 Å². The number of nitrogen functional groups attached to an aromatic ring is 1. The highest BCUT2D eigenvalue weighted by Crippen LogP contribution is 2.32. The SMILES string of the molecule is CC.N#Cc1cccc(OC2CCN(Cc3ccc(-n4c(-c5cccnc5N)nc5cc(-c6ccccc6)cnc54)cc3)CC2)n1. The number of aromatic nitrogens is 5. The number of benzene rings is 2. The second-order valence-corrected chi connectivity index (χ2v) is 10.9. The molecule has 5 heterocycles. The number of imidazole rings is 1. The van der Waals surface area contributed by atoms with E-state index in [2.05, 4.69) is 68.0 Å². The fourth-order valence-electron chi connectivity index (χ4n) is 5.69. The zero-order valence-corrected chi connectivity index (χ0v) is 26.0. The maximum atomic E-state index is 9.10. The minimum Gasteiger partial charge on any atom is -0.474 e. The van der Waals surface area contributed by atoms with E-state index in [1.165, 1.54) is 5.56 Å². The van der Waals surface area contributed by atoms with E-state index in [4.69, 9.17) is 25.7 Å². The number of nitrogens with two attached hydrogens (primary N) is 1. The molecule has 1 fully saturated rings. The molecule has 6 aromatic rings. The molecule has 1 saturated heterocycles. The van der Waals surface area contributed by atoms with Gasteiger partial charge in [-0.1, -0.05) is 62.4 Å². The molecule has 230 valence electrons. The average molecular weight is 609 g/mol. The molecule has 0 radical (unpaired) electrons. The van der Waals surface area contributed by atoms with Crippen LogP contribution in [-0.2, 0) is 6.54 Å². The molecule has 0 saturated carbocycles. The lowest BCUT2D eigenvalue weighted by atomic mass is 10.1. The lowest BCUT2D eigenvalue weighted by Gasteiger charge is -2.31. The van der Waals surface area contributed by atoms with Gasteiger partial charge in [0.2, 0.25) is 5.88 Å². The molecule has 9 heteroatoms. The topological polar surface area (TPSA) is 119 Å². The highest BCUT2D eigenvalue weighted by atomic mass is 16.5. The normalized spacial score (nSPS) is 13.5. The van der Waals surface area contributed by atoms with Gasteiger partial charge >= 0.3 is 0 Å². The first-order valence-corrected chi connectivity index (χ1v) is 15.6. The van der Waals surface area contributed by atoms with Crippen molar-refractivity contribution in [3.05, 3.63) is 115 Å². The van der Waals surface area contributed by atoms with E-state index in [1.54, 1.807) is 18.3 Å². The van der Waals surface area contributed by atoms with Crippen molar-refractivity contribution in [1.29, 1.82) is 5.26 Å². The van der Waals surface area contributed by atoms with Gasteiger partial charge in [-0.15, -0.1) is 0 Å². The van der Waals surface area contributed by atoms with Gasteiger partial charge in [-0.3, -0.25) is 9.47 Å². The van der Waals surface area contributed by atoms with Crippen LogP contribution in [-0.4, -0.2) is 48.6 Å². The number of nitrogens with zero attached hydrogens (tertiary/aromatic N) is 7. The molecule has 4 aromatic heterocycles. The van der Waals surface area contributed by atoms with Crippen molar-refractivity contribution in [2.24, 2.45) is 0 Å². The zero-order valence-electron chi connectivity index (χ0n) is 26.0. The van der Waals surface area contributed by atoms with E-state index in [9.17, 15) is 0 Å². The summed E-state index contributed by atoms with van der Waals surface area (Å²) >= 11 is 0. The van der Waals surface area contributed by atoms with Crippen LogP contribution in [0.2, 0.25) is 0 Å². The molecule has 46 heavy (non-hydrogen) atoms. The van der Waals surface area contributed by atoms with Crippen molar-refractivity contribution in [1.82, 2.24) is 29.4 Å². The van der Waals surface area contributed by atoms with E-state index < -0.39 is 0 Å². The first-order valence-electron chi connectivity index (χ1n) is 15.6. The van der Waals surface area contributed by atoms with Gasteiger partial charge in [-0.2, -0.15) is 5.26 Å². The molecule has 7 rings (SSSR count). The van der Waals surface area contributed by atoms with Crippen LogP contribution in [0.3, 0.4) is 0 Å². The molecule has 2 N–H and O–H groups in total. The van der Waals surface area contributed by atoms with Crippen molar-refractivity contribution < 1.29 is 4.74 Å². The standard InChI is InChI=1S/C35H30N8O.C2H6/c36-21-27-8-4-10-32(40-27)44-29-15-18-42(19-16-29)23-24-11-13-28(14-12-24)43-34(30-9-5-17-38-33(30)37)41-31-20-26(22-39-35(31)43)25-6-2-1-3-7-25;1-2/h1-14,17,20,22,29H,15-16,18-19,23H2,(H2,37,38);1-2H3. The monoisotopic (exact) mass is 608 g/mol. The van der Waals surface area contributed by atoms with E-state index in [-0.39, 0.29) is 6.10 Å². The Hall–Kier alpha value is -5.59. The van der Waals surface area contributed by atoms with Crippen LogP contribution in [0, 0.1) is 11.3 Å². The van der Waals surface area contributed by atoms with Crippen LogP contribution < -0.4 is 10.5 Å². The Morgan fingerprint density at radius 2 is 1.65 bits per heavy atom. The Morgan fingerprint density at radius 1 is 0.870 bits per heavy atom. The highest BCUT2D eigenvalue weighted by molar-refractivity contribution is 5.85. The number of likely N-dealkylation sites (tertiary alicyclic amines) is 1. The van der Waals surface area contributed by atoms with E-state index in [1.807, 2.05) is 56.4 Å². The lowest BCUT2D eigenvalue weighted by molar-refractivity contribution is 0.0932. The number of ether oxygens (including phenoxy) is 1. The largest absolute Gasteiger partial charge is 0.474 e. The number of pyridine rings is 3. The van der Waals surface area contributed by atoms with E-state index in [0.717, 1.165) is 66.0 Å². The van der Waals surface area contributed by atoms with Crippen molar-refractivity contribution in [2.45, 2.75) is 39.3 Å². The fourth-order valence-corrected chi connectivity index (χ4v) is 5.69. The minimum atomic E-state index is 0.0952. The predicted octanol–water partition coefficient (Wildman–Crippen LogP) is 7.07. The Labute approximate surface area is 269 Å². The first-order chi connectivity index (χ1) is 22.6. The quantitative estimate of drug-likeness (QED) is 0.204. The van der Waals surface area contributed by atoms with Crippen LogP contribution in [0.1, 0.15) is 37.9 Å². The van der Waals surface area contributed by atoms with Gasteiger partial charge in [0, 0.05) is 49.3 Å². The number of rotatable bonds is 7. The summed E-state index contributed by atoms with van der Waals surface area (Å²) in [6.45, 7) is 6.70. The van der Waals surface area contributed by atoms with Gasteiger partial charge in [-0.25, -0.2) is 19.9 Å². The number of hydrogen-bond acceptors (Lipinski definition) is 8. The minimum absolute atomic E-state index is 0.0952. The molecule has 0 spiro atoms. The summed E-state index contributed by atoms with van der Waals surface area (Å²) in [6.07, 6.45) is 5.49. The Bertz CT molecular complexity index is 1960. The Kier molecular flexibility index (Phi) is 9.27. The summed E-state index contributed by atoms with van der Waals surface area (Å²) in [6, 6.07) is 32.0. The van der Waals surface area contributed by atoms with Crippen LogP contribution >= 0.6 is 0 Å². The van der Waals surface area contributed by atoms with E-state index >= 15 is 0 Å². The van der Waals surface area contributed by atoms with Crippen molar-refractivity contribution in [3.8, 4) is 40.2 Å². The number of piperidine rings is 1. The molecular formula is C37H36N8O. The number of anilines is 1. The Morgan fingerprint density at radius 3 is 2.39 bits per heavy atom. The highest BCUT2D eigenvalue weighted by Gasteiger charge is 2.22. The number of nitriles is 1. The zero-order chi connectivity index (χ0) is 31.9. The van der Waals surface area contributed by atoms with Crippen molar-refractivity contribution in [2.75, 3.05) is 18.8 Å². The second kappa shape index (κ2) is 14.0. The second-order valence-electron chi connectivity index (χ2n) is 10.9. The smallest absolute Gasteiger partial charge is 0.214 e. The van der Waals surface area contributed by atoms with Crippen LogP contribution in [0.4, 0.5) is 5.82 Å².